The Balaban J connectivity index is 1.34. The van der Waals surface area contributed by atoms with Gasteiger partial charge in [0.15, 0.2) is 0 Å². The summed E-state index contributed by atoms with van der Waals surface area (Å²) < 4.78 is 5.23. The molecule has 1 saturated heterocycles. The molecule has 1 aliphatic heterocycles. The minimum atomic E-state index is -0.201. The van der Waals surface area contributed by atoms with Crippen molar-refractivity contribution in [3.05, 3.63) is 77.5 Å². The Morgan fingerprint density at radius 1 is 1.03 bits per heavy atom. The summed E-state index contributed by atoms with van der Waals surface area (Å²) in [7, 11) is 0. The molecule has 6 heteroatoms. The van der Waals surface area contributed by atoms with Crippen LogP contribution in [-0.4, -0.2) is 37.1 Å². The minimum Gasteiger partial charge on any atom is -0.467 e. The molecule has 0 spiro atoms. The molecule has 1 aliphatic rings. The number of aromatic nitrogens is 1. The van der Waals surface area contributed by atoms with Crippen molar-refractivity contribution in [2.24, 2.45) is 0 Å². The van der Waals surface area contributed by atoms with E-state index in [-0.39, 0.29) is 5.91 Å². The van der Waals surface area contributed by atoms with Gasteiger partial charge in [0.1, 0.15) is 11.5 Å². The average Bonchev–Trinajstić information content (AvgIpc) is 3.28. The van der Waals surface area contributed by atoms with E-state index in [1.807, 2.05) is 12.1 Å². The van der Waals surface area contributed by atoms with Gasteiger partial charge in [0.05, 0.1) is 24.7 Å². The zero-order valence-corrected chi connectivity index (χ0v) is 16.9. The number of carbonyl (C=O) groups is 1. The predicted molar refractivity (Wildman–Crippen MR) is 114 cm³/mol. The van der Waals surface area contributed by atoms with E-state index >= 15 is 0 Å². The van der Waals surface area contributed by atoms with Crippen LogP contribution in [0.15, 0.2) is 59.3 Å². The van der Waals surface area contributed by atoms with Crippen LogP contribution in [0, 0.1) is 13.8 Å². The van der Waals surface area contributed by atoms with Crippen molar-refractivity contribution >= 4 is 17.3 Å². The van der Waals surface area contributed by atoms with Gasteiger partial charge >= 0.3 is 0 Å². The summed E-state index contributed by atoms with van der Waals surface area (Å²) in [5, 5.41) is 2.82. The highest BCUT2D eigenvalue weighted by atomic mass is 16.3. The maximum absolute atomic E-state index is 12.3. The molecule has 1 fully saturated rings. The first kappa shape index (κ1) is 19.1. The number of anilines is 2. The van der Waals surface area contributed by atoms with Crippen LogP contribution < -0.4 is 15.1 Å². The molecule has 0 unspecified atom stereocenters. The minimum absolute atomic E-state index is 0.201. The second kappa shape index (κ2) is 8.39. The predicted octanol–water partition coefficient (Wildman–Crippen LogP) is 3.55. The van der Waals surface area contributed by atoms with Crippen LogP contribution in [0.2, 0.25) is 0 Å². The van der Waals surface area contributed by atoms with Crippen LogP contribution >= 0.6 is 0 Å². The quantitative estimate of drug-likeness (QED) is 0.722. The SMILES string of the molecule is Cc1cccc(N2CCN(c3ccc(C(=O)NCc4ccco4)nc3)CC2)c1C. The van der Waals surface area contributed by atoms with Gasteiger partial charge < -0.3 is 19.5 Å². The average molecular weight is 390 g/mol. The molecule has 0 bridgehead atoms. The van der Waals surface area contributed by atoms with Crippen LogP contribution in [0.5, 0.6) is 0 Å². The molecule has 0 aliphatic carbocycles. The van der Waals surface area contributed by atoms with Gasteiger partial charge in [-0.1, -0.05) is 12.1 Å². The van der Waals surface area contributed by atoms with Crippen molar-refractivity contribution in [3.8, 4) is 0 Å². The van der Waals surface area contributed by atoms with Gasteiger partial charge in [0, 0.05) is 31.9 Å². The largest absolute Gasteiger partial charge is 0.467 e. The van der Waals surface area contributed by atoms with Crippen molar-refractivity contribution < 1.29 is 9.21 Å². The number of nitrogens with zero attached hydrogens (tertiary/aromatic N) is 3. The number of nitrogens with one attached hydrogen (secondary N) is 1. The molecular weight excluding hydrogens is 364 g/mol. The summed E-state index contributed by atoms with van der Waals surface area (Å²) in [6.45, 7) is 8.50. The third-order valence-corrected chi connectivity index (χ3v) is 5.55. The maximum Gasteiger partial charge on any atom is 0.270 e. The van der Waals surface area contributed by atoms with Crippen molar-refractivity contribution in [2.45, 2.75) is 20.4 Å². The molecular formula is C23H26N4O2. The number of rotatable bonds is 5. The van der Waals surface area contributed by atoms with Crippen LogP contribution in [0.4, 0.5) is 11.4 Å². The molecule has 3 heterocycles. The van der Waals surface area contributed by atoms with E-state index in [2.05, 4.69) is 52.1 Å². The number of hydrogen-bond acceptors (Lipinski definition) is 5. The van der Waals surface area contributed by atoms with Crippen molar-refractivity contribution in [3.63, 3.8) is 0 Å². The van der Waals surface area contributed by atoms with Crippen molar-refractivity contribution in [1.29, 1.82) is 0 Å². The smallest absolute Gasteiger partial charge is 0.270 e. The first-order valence-corrected chi connectivity index (χ1v) is 9.94. The number of amides is 1. The Bertz CT molecular complexity index is 959. The van der Waals surface area contributed by atoms with Crippen molar-refractivity contribution in [2.75, 3.05) is 36.0 Å². The Morgan fingerprint density at radius 2 is 1.83 bits per heavy atom. The van der Waals surface area contributed by atoms with Crippen LogP contribution in [-0.2, 0) is 6.54 Å². The molecule has 1 amide bonds. The Morgan fingerprint density at radius 3 is 2.52 bits per heavy atom. The van der Waals surface area contributed by atoms with E-state index in [0.717, 1.165) is 37.6 Å². The number of hydrogen-bond donors (Lipinski definition) is 1. The van der Waals surface area contributed by atoms with Gasteiger partial charge in [-0.15, -0.1) is 0 Å². The highest BCUT2D eigenvalue weighted by Crippen LogP contribution is 2.25. The van der Waals surface area contributed by atoms with Gasteiger partial charge in [-0.2, -0.15) is 0 Å². The monoisotopic (exact) mass is 390 g/mol. The standard InChI is InChI=1S/C23H26N4O2/c1-17-5-3-7-22(18(17)2)27-12-10-26(11-13-27)19-8-9-21(24-15-19)23(28)25-16-20-6-4-14-29-20/h3-9,14-15H,10-13,16H2,1-2H3,(H,25,28). The fourth-order valence-corrected chi connectivity index (χ4v) is 3.66. The van der Waals surface area contributed by atoms with E-state index in [1.165, 1.54) is 16.8 Å². The fraction of sp³-hybridized carbons (Fsp3) is 0.304. The zero-order chi connectivity index (χ0) is 20.2. The first-order chi connectivity index (χ1) is 14.1. The summed E-state index contributed by atoms with van der Waals surface area (Å²) in [6, 6.07) is 13.9. The first-order valence-electron chi connectivity index (χ1n) is 9.94. The summed E-state index contributed by atoms with van der Waals surface area (Å²) in [6.07, 6.45) is 3.38. The molecule has 0 radical (unpaired) electrons. The topological polar surface area (TPSA) is 61.6 Å². The van der Waals surface area contributed by atoms with E-state index in [9.17, 15) is 4.79 Å². The number of piperazine rings is 1. The highest BCUT2D eigenvalue weighted by Gasteiger charge is 2.19. The van der Waals surface area contributed by atoms with E-state index in [1.54, 1.807) is 24.6 Å². The van der Waals surface area contributed by atoms with Gasteiger partial charge in [0.2, 0.25) is 0 Å². The van der Waals surface area contributed by atoms with Crippen LogP contribution in [0.1, 0.15) is 27.4 Å². The molecule has 0 saturated carbocycles. The molecule has 150 valence electrons. The van der Waals surface area contributed by atoms with Gasteiger partial charge in [0.25, 0.3) is 5.91 Å². The van der Waals surface area contributed by atoms with E-state index < -0.39 is 0 Å². The Labute approximate surface area is 171 Å². The number of pyridine rings is 1. The Kier molecular flexibility index (Phi) is 5.51. The third kappa shape index (κ3) is 4.26. The van der Waals surface area contributed by atoms with Crippen LogP contribution in [0.25, 0.3) is 0 Å². The summed E-state index contributed by atoms with van der Waals surface area (Å²) in [4.78, 5) is 21.4. The third-order valence-electron chi connectivity index (χ3n) is 5.55. The molecule has 6 nitrogen and oxygen atoms in total. The second-order valence-electron chi connectivity index (χ2n) is 7.36. The van der Waals surface area contributed by atoms with Crippen molar-refractivity contribution in [1.82, 2.24) is 10.3 Å². The second-order valence-corrected chi connectivity index (χ2v) is 7.36. The lowest BCUT2D eigenvalue weighted by Gasteiger charge is -2.38. The zero-order valence-electron chi connectivity index (χ0n) is 16.9. The summed E-state index contributed by atoms with van der Waals surface area (Å²) >= 11 is 0. The number of carbonyl (C=O) groups excluding carboxylic acids is 1. The number of aryl methyl sites for hydroxylation is 1. The summed E-state index contributed by atoms with van der Waals surface area (Å²) in [5.41, 5.74) is 5.47. The van der Waals surface area contributed by atoms with Crippen LogP contribution in [0.3, 0.4) is 0 Å². The molecule has 2 aromatic heterocycles. The molecule has 1 N–H and O–H groups in total. The lowest BCUT2D eigenvalue weighted by Crippen LogP contribution is -2.46. The molecule has 0 atom stereocenters. The molecule has 4 rings (SSSR count). The van der Waals surface area contributed by atoms with Gasteiger partial charge in [-0.25, -0.2) is 4.98 Å². The summed E-state index contributed by atoms with van der Waals surface area (Å²) in [5.74, 6) is 0.518. The molecule has 3 aromatic rings. The lowest BCUT2D eigenvalue weighted by molar-refractivity contribution is 0.0943. The van der Waals surface area contributed by atoms with Gasteiger partial charge in [-0.05, 0) is 55.3 Å². The highest BCUT2D eigenvalue weighted by molar-refractivity contribution is 5.92. The fourth-order valence-electron chi connectivity index (χ4n) is 3.66. The molecule has 1 aromatic carbocycles. The number of benzene rings is 1. The van der Waals surface area contributed by atoms with E-state index in [4.69, 9.17) is 4.42 Å². The van der Waals surface area contributed by atoms with E-state index in [0.29, 0.717) is 12.2 Å². The number of furan rings is 1. The van der Waals surface area contributed by atoms with Gasteiger partial charge in [-0.3, -0.25) is 4.79 Å². The maximum atomic E-state index is 12.3. The Hall–Kier alpha value is -3.28. The normalized spacial score (nSPS) is 14.1. The molecule has 29 heavy (non-hydrogen) atoms. The lowest BCUT2D eigenvalue weighted by atomic mass is 10.1.